The lowest BCUT2D eigenvalue weighted by atomic mass is 10.0. The number of nitrogens with two attached hydrogens (primary N) is 1. The summed E-state index contributed by atoms with van der Waals surface area (Å²) in [6.45, 7) is 4.71. The fourth-order valence-corrected chi connectivity index (χ4v) is 1.67. The van der Waals surface area contributed by atoms with Crippen molar-refractivity contribution in [2.75, 3.05) is 5.32 Å². The third kappa shape index (κ3) is 3.05. The van der Waals surface area contributed by atoms with Crippen molar-refractivity contribution in [3.05, 3.63) is 47.9 Å². The number of hydrogen-bond donors (Lipinski definition) is 2. The molecule has 4 nitrogen and oxygen atoms in total. The predicted molar refractivity (Wildman–Crippen MR) is 73.7 cm³/mol. The van der Waals surface area contributed by atoms with Gasteiger partial charge >= 0.3 is 0 Å². The van der Waals surface area contributed by atoms with Crippen LogP contribution in [0, 0.1) is 0 Å². The SMILES string of the molecule is CC(C)c1ccc(Nc2ccnc(CN)n2)cc1. The Balaban J connectivity index is 2.13. The third-order valence-electron chi connectivity index (χ3n) is 2.74. The smallest absolute Gasteiger partial charge is 0.144 e. The second kappa shape index (κ2) is 5.60. The van der Waals surface area contributed by atoms with Gasteiger partial charge in [0.1, 0.15) is 11.6 Å². The number of anilines is 2. The van der Waals surface area contributed by atoms with Crippen LogP contribution in [-0.4, -0.2) is 9.97 Å². The van der Waals surface area contributed by atoms with Crippen LogP contribution in [0.3, 0.4) is 0 Å². The number of aromatic nitrogens is 2. The molecule has 94 valence electrons. The van der Waals surface area contributed by atoms with Crippen molar-refractivity contribution in [1.29, 1.82) is 0 Å². The Bertz CT molecular complexity index is 505. The maximum absolute atomic E-state index is 5.51. The van der Waals surface area contributed by atoms with Gasteiger partial charge in [-0.15, -0.1) is 0 Å². The summed E-state index contributed by atoms with van der Waals surface area (Å²) in [5.41, 5.74) is 7.85. The molecule has 1 heterocycles. The summed E-state index contributed by atoms with van der Waals surface area (Å²) in [4.78, 5) is 8.36. The first-order valence-electron chi connectivity index (χ1n) is 6.08. The lowest BCUT2D eigenvalue weighted by Crippen LogP contribution is -2.04. The minimum Gasteiger partial charge on any atom is -0.340 e. The summed E-state index contributed by atoms with van der Waals surface area (Å²) >= 11 is 0. The first kappa shape index (κ1) is 12.5. The van der Waals surface area contributed by atoms with Gasteiger partial charge in [-0.25, -0.2) is 9.97 Å². The molecule has 0 bridgehead atoms. The molecule has 0 aliphatic carbocycles. The van der Waals surface area contributed by atoms with Crippen molar-refractivity contribution in [2.24, 2.45) is 5.73 Å². The average Bonchev–Trinajstić information content (AvgIpc) is 2.39. The van der Waals surface area contributed by atoms with Crippen LogP contribution in [0.5, 0.6) is 0 Å². The van der Waals surface area contributed by atoms with Gasteiger partial charge in [-0.1, -0.05) is 26.0 Å². The Morgan fingerprint density at radius 1 is 1.17 bits per heavy atom. The lowest BCUT2D eigenvalue weighted by Gasteiger charge is -2.09. The van der Waals surface area contributed by atoms with E-state index in [1.807, 2.05) is 6.07 Å². The number of nitrogens with one attached hydrogen (secondary N) is 1. The first-order valence-corrected chi connectivity index (χ1v) is 6.08. The molecule has 18 heavy (non-hydrogen) atoms. The number of nitrogens with zero attached hydrogens (tertiary/aromatic N) is 2. The molecular weight excluding hydrogens is 224 g/mol. The van der Waals surface area contributed by atoms with Gasteiger partial charge in [-0.3, -0.25) is 0 Å². The summed E-state index contributed by atoms with van der Waals surface area (Å²) in [5, 5.41) is 3.24. The molecule has 0 saturated carbocycles. The number of rotatable bonds is 4. The maximum Gasteiger partial charge on any atom is 0.144 e. The first-order chi connectivity index (χ1) is 8.69. The molecule has 4 heteroatoms. The second-order valence-corrected chi connectivity index (χ2v) is 4.46. The van der Waals surface area contributed by atoms with Crippen LogP contribution < -0.4 is 11.1 Å². The van der Waals surface area contributed by atoms with E-state index in [2.05, 4.69) is 53.4 Å². The zero-order chi connectivity index (χ0) is 13.0. The van der Waals surface area contributed by atoms with Crippen molar-refractivity contribution >= 4 is 11.5 Å². The van der Waals surface area contributed by atoms with Gasteiger partial charge in [0, 0.05) is 11.9 Å². The third-order valence-corrected chi connectivity index (χ3v) is 2.74. The summed E-state index contributed by atoms with van der Waals surface area (Å²) in [6, 6.07) is 10.2. The monoisotopic (exact) mass is 242 g/mol. The van der Waals surface area contributed by atoms with Crippen molar-refractivity contribution in [1.82, 2.24) is 9.97 Å². The average molecular weight is 242 g/mol. The Kier molecular flexibility index (Phi) is 3.89. The maximum atomic E-state index is 5.51. The molecule has 1 aromatic carbocycles. The molecule has 2 rings (SSSR count). The fourth-order valence-electron chi connectivity index (χ4n) is 1.67. The topological polar surface area (TPSA) is 63.8 Å². The zero-order valence-electron chi connectivity index (χ0n) is 10.7. The highest BCUT2D eigenvalue weighted by Crippen LogP contribution is 2.19. The van der Waals surface area contributed by atoms with Gasteiger partial charge in [0.2, 0.25) is 0 Å². The zero-order valence-corrected chi connectivity index (χ0v) is 10.7. The van der Waals surface area contributed by atoms with Crippen molar-refractivity contribution < 1.29 is 0 Å². The number of benzene rings is 1. The highest BCUT2D eigenvalue weighted by molar-refractivity contribution is 5.56. The molecule has 1 aromatic heterocycles. The lowest BCUT2D eigenvalue weighted by molar-refractivity contribution is 0.867. The summed E-state index contributed by atoms with van der Waals surface area (Å²) in [5.74, 6) is 1.95. The van der Waals surface area contributed by atoms with Crippen LogP contribution >= 0.6 is 0 Å². The number of hydrogen-bond acceptors (Lipinski definition) is 4. The van der Waals surface area contributed by atoms with Crippen LogP contribution in [0.15, 0.2) is 36.5 Å². The van der Waals surface area contributed by atoms with Crippen molar-refractivity contribution in [3.8, 4) is 0 Å². The molecule has 0 amide bonds. The summed E-state index contributed by atoms with van der Waals surface area (Å²) in [7, 11) is 0. The quantitative estimate of drug-likeness (QED) is 0.865. The molecule has 0 atom stereocenters. The normalized spacial score (nSPS) is 10.7. The molecule has 0 unspecified atom stereocenters. The van der Waals surface area contributed by atoms with Gasteiger partial charge in [0.05, 0.1) is 6.54 Å². The molecule has 0 fully saturated rings. The largest absolute Gasteiger partial charge is 0.340 e. The molecule has 0 aliphatic heterocycles. The van der Waals surface area contributed by atoms with E-state index in [1.54, 1.807) is 6.20 Å². The van der Waals surface area contributed by atoms with Crippen molar-refractivity contribution in [2.45, 2.75) is 26.3 Å². The van der Waals surface area contributed by atoms with Crippen LogP contribution in [0.1, 0.15) is 31.2 Å². The Hall–Kier alpha value is -1.94. The highest BCUT2D eigenvalue weighted by Gasteiger charge is 2.01. The van der Waals surface area contributed by atoms with Gasteiger partial charge in [0.15, 0.2) is 0 Å². The van der Waals surface area contributed by atoms with E-state index in [1.165, 1.54) is 5.56 Å². The summed E-state index contributed by atoms with van der Waals surface area (Å²) in [6.07, 6.45) is 1.71. The predicted octanol–water partition coefficient (Wildman–Crippen LogP) is 2.80. The van der Waals surface area contributed by atoms with E-state index < -0.39 is 0 Å². The standard InChI is InChI=1S/C14H18N4/c1-10(2)11-3-5-12(6-4-11)17-13-7-8-16-14(9-15)18-13/h3-8,10H,9,15H2,1-2H3,(H,16,17,18). The summed E-state index contributed by atoms with van der Waals surface area (Å²) < 4.78 is 0. The fraction of sp³-hybridized carbons (Fsp3) is 0.286. The van der Waals surface area contributed by atoms with Crippen LogP contribution in [0.2, 0.25) is 0 Å². The van der Waals surface area contributed by atoms with Gasteiger partial charge < -0.3 is 11.1 Å². The van der Waals surface area contributed by atoms with Crippen LogP contribution in [0.4, 0.5) is 11.5 Å². The van der Waals surface area contributed by atoms with Crippen molar-refractivity contribution in [3.63, 3.8) is 0 Å². The highest BCUT2D eigenvalue weighted by atomic mass is 15.0. The van der Waals surface area contributed by atoms with Gasteiger partial charge in [-0.2, -0.15) is 0 Å². The Morgan fingerprint density at radius 3 is 2.50 bits per heavy atom. The van der Waals surface area contributed by atoms with E-state index in [9.17, 15) is 0 Å². The van der Waals surface area contributed by atoms with E-state index in [-0.39, 0.29) is 0 Å². The Labute approximate surface area is 107 Å². The molecule has 0 aliphatic rings. The molecular formula is C14H18N4. The van der Waals surface area contributed by atoms with E-state index in [4.69, 9.17) is 5.73 Å². The minimum absolute atomic E-state index is 0.349. The van der Waals surface area contributed by atoms with Crippen LogP contribution in [0.25, 0.3) is 0 Å². The molecule has 3 N–H and O–H groups in total. The van der Waals surface area contributed by atoms with E-state index >= 15 is 0 Å². The van der Waals surface area contributed by atoms with Gasteiger partial charge in [0.25, 0.3) is 0 Å². The van der Waals surface area contributed by atoms with Gasteiger partial charge in [-0.05, 0) is 29.7 Å². The second-order valence-electron chi connectivity index (χ2n) is 4.46. The van der Waals surface area contributed by atoms with E-state index in [0.29, 0.717) is 18.3 Å². The molecule has 2 aromatic rings. The molecule has 0 spiro atoms. The minimum atomic E-state index is 0.349. The molecule has 0 saturated heterocycles. The molecule has 0 radical (unpaired) electrons. The van der Waals surface area contributed by atoms with Crippen LogP contribution in [-0.2, 0) is 6.54 Å². The Morgan fingerprint density at radius 2 is 1.89 bits per heavy atom. The van der Waals surface area contributed by atoms with E-state index in [0.717, 1.165) is 11.5 Å².